The van der Waals surface area contributed by atoms with Crippen LogP contribution in [0.1, 0.15) is 37.6 Å². The van der Waals surface area contributed by atoms with Crippen molar-refractivity contribution in [1.29, 1.82) is 0 Å². The molecular formula is C20H29F3N2O4. The lowest BCUT2D eigenvalue weighted by atomic mass is 10.1. The van der Waals surface area contributed by atoms with E-state index in [4.69, 9.17) is 14.2 Å². The lowest BCUT2D eigenvalue weighted by molar-refractivity contribution is -0.145. The molecule has 2 rings (SSSR count). The molecule has 0 spiro atoms. The van der Waals surface area contributed by atoms with Gasteiger partial charge in [0.15, 0.2) is 11.5 Å². The molecule has 1 aliphatic rings. The van der Waals surface area contributed by atoms with Crippen molar-refractivity contribution >= 4 is 5.91 Å². The third kappa shape index (κ3) is 6.69. The van der Waals surface area contributed by atoms with Crippen LogP contribution in [-0.2, 0) is 0 Å². The number of rotatable bonds is 8. The quantitative estimate of drug-likeness (QED) is 0.646. The summed E-state index contributed by atoms with van der Waals surface area (Å²) in [5.74, 6) is 1.01. The van der Waals surface area contributed by atoms with Crippen molar-refractivity contribution in [2.24, 2.45) is 0 Å². The van der Waals surface area contributed by atoms with Crippen molar-refractivity contribution in [2.45, 2.75) is 33.4 Å². The number of nitrogens with zero attached hydrogens (tertiary/aromatic N) is 2. The summed E-state index contributed by atoms with van der Waals surface area (Å²) in [6.07, 6.45) is -3.76. The van der Waals surface area contributed by atoms with Gasteiger partial charge in [0.05, 0.1) is 26.4 Å². The molecule has 0 aliphatic carbocycles. The predicted molar refractivity (Wildman–Crippen MR) is 103 cm³/mol. The first-order chi connectivity index (χ1) is 13.8. The topological polar surface area (TPSA) is 51.2 Å². The number of carbonyl (C=O) groups is 1. The van der Waals surface area contributed by atoms with Gasteiger partial charge in [0.25, 0.3) is 5.91 Å². The highest BCUT2D eigenvalue weighted by Gasteiger charge is 2.32. The Morgan fingerprint density at radius 1 is 0.931 bits per heavy atom. The van der Waals surface area contributed by atoms with Gasteiger partial charge in [0, 0.05) is 31.7 Å². The number of halogens is 3. The first kappa shape index (κ1) is 23.1. The van der Waals surface area contributed by atoms with Gasteiger partial charge in [0.2, 0.25) is 5.75 Å². The number of hydrogen-bond donors (Lipinski definition) is 0. The minimum atomic E-state index is -4.24. The third-order valence-electron chi connectivity index (χ3n) is 4.43. The van der Waals surface area contributed by atoms with Crippen LogP contribution in [-0.4, -0.2) is 74.4 Å². The Labute approximate surface area is 169 Å². The summed E-state index contributed by atoms with van der Waals surface area (Å²) >= 11 is 0. The average Bonchev–Trinajstić information content (AvgIpc) is 2.88. The van der Waals surface area contributed by atoms with Gasteiger partial charge in [-0.05, 0) is 39.3 Å². The highest BCUT2D eigenvalue weighted by Crippen LogP contribution is 2.39. The van der Waals surface area contributed by atoms with E-state index in [0.717, 1.165) is 0 Å². The van der Waals surface area contributed by atoms with Crippen LogP contribution in [0, 0.1) is 0 Å². The lowest BCUT2D eigenvalue weighted by Crippen LogP contribution is -2.38. The average molecular weight is 418 g/mol. The number of carbonyl (C=O) groups excluding carboxylic acids is 1. The van der Waals surface area contributed by atoms with Gasteiger partial charge >= 0.3 is 6.18 Å². The van der Waals surface area contributed by atoms with Gasteiger partial charge in [-0.1, -0.05) is 0 Å². The van der Waals surface area contributed by atoms with Crippen molar-refractivity contribution in [1.82, 2.24) is 9.80 Å². The van der Waals surface area contributed by atoms with Crippen molar-refractivity contribution in [3.8, 4) is 17.2 Å². The summed E-state index contributed by atoms with van der Waals surface area (Å²) in [7, 11) is 0. The van der Waals surface area contributed by atoms with Crippen LogP contribution in [0.5, 0.6) is 17.2 Å². The molecule has 6 nitrogen and oxygen atoms in total. The van der Waals surface area contributed by atoms with E-state index >= 15 is 0 Å². The standard InChI is InChI=1S/C20H29F3N2O4/c1-4-27-16-12-15(13-17(28-5-2)18(16)29-6-3)19(26)25-9-7-8-24(10-11-25)14-20(21,22)23/h12-13H,4-11,14H2,1-3H3. The molecule has 1 aromatic carbocycles. The molecule has 0 aromatic heterocycles. The highest BCUT2D eigenvalue weighted by molar-refractivity contribution is 5.95. The molecule has 0 saturated carbocycles. The number of amides is 1. The molecule has 29 heavy (non-hydrogen) atoms. The fraction of sp³-hybridized carbons (Fsp3) is 0.650. The molecule has 1 aromatic rings. The third-order valence-corrected chi connectivity index (χ3v) is 4.43. The summed E-state index contributed by atoms with van der Waals surface area (Å²) in [6, 6.07) is 3.22. The molecule has 1 amide bonds. The predicted octanol–water partition coefficient (Wildman–Crippen LogP) is 3.59. The van der Waals surface area contributed by atoms with E-state index in [1.54, 1.807) is 17.0 Å². The molecule has 1 saturated heterocycles. The van der Waals surface area contributed by atoms with E-state index in [9.17, 15) is 18.0 Å². The summed E-state index contributed by atoms with van der Waals surface area (Å²) in [5, 5.41) is 0. The van der Waals surface area contributed by atoms with E-state index < -0.39 is 12.7 Å². The lowest BCUT2D eigenvalue weighted by Gasteiger charge is -2.23. The molecular weight excluding hydrogens is 389 g/mol. The Hall–Kier alpha value is -2.16. The number of alkyl halides is 3. The van der Waals surface area contributed by atoms with Gasteiger partial charge in [-0.3, -0.25) is 9.69 Å². The van der Waals surface area contributed by atoms with Gasteiger partial charge in [-0.25, -0.2) is 0 Å². The van der Waals surface area contributed by atoms with E-state index in [1.807, 2.05) is 20.8 Å². The molecule has 9 heteroatoms. The normalized spacial score (nSPS) is 15.7. The first-order valence-corrected chi connectivity index (χ1v) is 9.93. The highest BCUT2D eigenvalue weighted by atomic mass is 19.4. The minimum Gasteiger partial charge on any atom is -0.490 e. The van der Waals surface area contributed by atoms with E-state index in [1.165, 1.54) is 4.90 Å². The Kier molecular flexibility index (Phi) is 8.43. The summed E-state index contributed by atoms with van der Waals surface area (Å²) in [5.41, 5.74) is 0.365. The number of hydrogen-bond acceptors (Lipinski definition) is 5. The van der Waals surface area contributed by atoms with Crippen molar-refractivity contribution < 1.29 is 32.2 Å². The van der Waals surface area contributed by atoms with Crippen LogP contribution in [0.4, 0.5) is 13.2 Å². The zero-order chi connectivity index (χ0) is 21.4. The van der Waals surface area contributed by atoms with Gasteiger partial charge < -0.3 is 19.1 Å². The molecule has 0 atom stereocenters. The summed E-state index contributed by atoms with van der Waals surface area (Å²) in [4.78, 5) is 16.0. The zero-order valence-corrected chi connectivity index (χ0v) is 17.2. The second-order valence-corrected chi connectivity index (χ2v) is 6.64. The van der Waals surface area contributed by atoms with E-state index in [-0.39, 0.29) is 19.0 Å². The second-order valence-electron chi connectivity index (χ2n) is 6.64. The monoisotopic (exact) mass is 418 g/mol. The fourth-order valence-electron chi connectivity index (χ4n) is 3.28. The summed E-state index contributed by atoms with van der Waals surface area (Å²) < 4.78 is 54.9. The number of benzene rings is 1. The molecule has 0 unspecified atom stereocenters. The SMILES string of the molecule is CCOc1cc(C(=O)N2CCCN(CC(F)(F)F)CC2)cc(OCC)c1OCC. The maximum Gasteiger partial charge on any atom is 0.401 e. The van der Waals surface area contributed by atoms with Crippen LogP contribution in [0.3, 0.4) is 0 Å². The van der Waals surface area contributed by atoms with Crippen molar-refractivity contribution in [3.05, 3.63) is 17.7 Å². The molecule has 0 radical (unpaired) electrons. The zero-order valence-electron chi connectivity index (χ0n) is 17.2. The van der Waals surface area contributed by atoms with Crippen LogP contribution in [0.2, 0.25) is 0 Å². The maximum atomic E-state index is 13.1. The number of ether oxygens (including phenoxy) is 3. The smallest absolute Gasteiger partial charge is 0.401 e. The Balaban J connectivity index is 2.22. The molecule has 1 aliphatic heterocycles. The minimum absolute atomic E-state index is 0.179. The van der Waals surface area contributed by atoms with E-state index in [0.29, 0.717) is 62.1 Å². The van der Waals surface area contributed by atoms with Gasteiger partial charge in [0.1, 0.15) is 0 Å². The maximum absolute atomic E-state index is 13.1. The molecule has 1 heterocycles. The van der Waals surface area contributed by atoms with Crippen LogP contribution in [0.25, 0.3) is 0 Å². The molecule has 1 fully saturated rings. The molecule has 164 valence electrons. The first-order valence-electron chi connectivity index (χ1n) is 9.93. The van der Waals surface area contributed by atoms with Crippen LogP contribution >= 0.6 is 0 Å². The van der Waals surface area contributed by atoms with E-state index in [2.05, 4.69) is 0 Å². The Morgan fingerprint density at radius 2 is 1.52 bits per heavy atom. The Bertz CT molecular complexity index is 655. The van der Waals surface area contributed by atoms with Gasteiger partial charge in [-0.2, -0.15) is 13.2 Å². The van der Waals surface area contributed by atoms with Gasteiger partial charge in [-0.15, -0.1) is 0 Å². The summed E-state index contributed by atoms with van der Waals surface area (Å²) in [6.45, 7) is 6.84. The Morgan fingerprint density at radius 3 is 2.03 bits per heavy atom. The van der Waals surface area contributed by atoms with Crippen molar-refractivity contribution in [3.63, 3.8) is 0 Å². The largest absolute Gasteiger partial charge is 0.490 e. The van der Waals surface area contributed by atoms with Crippen molar-refractivity contribution in [2.75, 3.05) is 52.5 Å². The molecule has 0 N–H and O–H groups in total. The van der Waals surface area contributed by atoms with Crippen LogP contribution < -0.4 is 14.2 Å². The molecule has 0 bridgehead atoms. The second kappa shape index (κ2) is 10.6. The fourth-order valence-corrected chi connectivity index (χ4v) is 3.28. The van der Waals surface area contributed by atoms with Crippen LogP contribution in [0.15, 0.2) is 12.1 Å².